The SMILES string of the molecule is CC.COc1cc(F)c(C(=O)O)cc1N(CCN(Cc1ccccc1)Cc1ccccc1)C(C)=O. The maximum Gasteiger partial charge on any atom is 0.338 e. The second kappa shape index (κ2) is 13.9. The summed E-state index contributed by atoms with van der Waals surface area (Å²) in [5, 5.41) is 9.33. The second-order valence-corrected chi connectivity index (χ2v) is 7.66. The molecule has 0 heterocycles. The molecule has 0 atom stereocenters. The van der Waals surface area contributed by atoms with Gasteiger partial charge in [-0.3, -0.25) is 9.69 Å². The lowest BCUT2D eigenvalue weighted by Gasteiger charge is -2.28. The molecule has 0 saturated heterocycles. The van der Waals surface area contributed by atoms with Gasteiger partial charge >= 0.3 is 5.97 Å². The molecule has 0 spiro atoms. The Morgan fingerprint density at radius 1 is 0.886 bits per heavy atom. The highest BCUT2D eigenvalue weighted by Gasteiger charge is 2.22. The fraction of sp³-hybridized carbons (Fsp3) is 0.286. The van der Waals surface area contributed by atoms with Crippen LogP contribution in [0.2, 0.25) is 0 Å². The molecule has 0 aliphatic carbocycles. The summed E-state index contributed by atoms with van der Waals surface area (Å²) in [4.78, 5) is 27.6. The number of carbonyl (C=O) groups excluding carboxylic acids is 1. The zero-order valence-electron chi connectivity index (χ0n) is 20.7. The van der Waals surface area contributed by atoms with Crippen LogP contribution >= 0.6 is 0 Å². The summed E-state index contributed by atoms with van der Waals surface area (Å²) in [7, 11) is 1.36. The highest BCUT2D eigenvalue weighted by Crippen LogP contribution is 2.31. The maximum atomic E-state index is 14.2. The van der Waals surface area contributed by atoms with Crippen LogP contribution in [0.5, 0.6) is 5.75 Å². The van der Waals surface area contributed by atoms with E-state index in [0.717, 1.165) is 23.3 Å². The van der Waals surface area contributed by atoms with E-state index >= 15 is 0 Å². The quantitative estimate of drug-likeness (QED) is 0.408. The van der Waals surface area contributed by atoms with Crippen molar-refractivity contribution in [2.45, 2.75) is 33.9 Å². The maximum absolute atomic E-state index is 14.2. The molecule has 35 heavy (non-hydrogen) atoms. The summed E-state index contributed by atoms with van der Waals surface area (Å²) in [5.74, 6) is -2.52. The van der Waals surface area contributed by atoms with Crippen molar-refractivity contribution in [2.24, 2.45) is 0 Å². The first-order valence-electron chi connectivity index (χ1n) is 11.6. The molecule has 0 saturated carbocycles. The largest absolute Gasteiger partial charge is 0.494 e. The number of anilines is 1. The lowest BCUT2D eigenvalue weighted by atomic mass is 10.1. The van der Waals surface area contributed by atoms with Gasteiger partial charge < -0.3 is 14.7 Å². The summed E-state index contributed by atoms with van der Waals surface area (Å²) < 4.78 is 19.4. The van der Waals surface area contributed by atoms with Crippen molar-refractivity contribution < 1.29 is 23.8 Å². The molecule has 3 aromatic carbocycles. The third-order valence-electron chi connectivity index (χ3n) is 5.31. The molecule has 186 valence electrons. The van der Waals surface area contributed by atoms with E-state index in [1.54, 1.807) is 0 Å². The van der Waals surface area contributed by atoms with E-state index in [4.69, 9.17) is 4.74 Å². The number of halogens is 1. The van der Waals surface area contributed by atoms with Gasteiger partial charge in [-0.2, -0.15) is 0 Å². The Kier molecular flexibility index (Phi) is 10.9. The first-order valence-corrected chi connectivity index (χ1v) is 11.6. The molecule has 0 aromatic heterocycles. The minimum atomic E-state index is -1.41. The van der Waals surface area contributed by atoms with E-state index in [0.29, 0.717) is 19.6 Å². The van der Waals surface area contributed by atoms with Crippen LogP contribution in [0.1, 0.15) is 42.3 Å². The van der Waals surface area contributed by atoms with E-state index in [2.05, 4.69) is 4.90 Å². The van der Waals surface area contributed by atoms with Gasteiger partial charge in [0.15, 0.2) is 0 Å². The number of carboxylic acids is 1. The average Bonchev–Trinajstić information content (AvgIpc) is 2.86. The fourth-order valence-corrected chi connectivity index (χ4v) is 3.67. The first-order chi connectivity index (χ1) is 16.9. The standard InChI is InChI=1S/C26H27FN2O4.C2H6/c1-19(30)29(24-15-22(26(31)32)23(27)16-25(24)33-2)14-13-28(17-20-9-5-3-6-10-20)18-21-11-7-4-8-12-21;1-2/h3-12,15-16H,13-14,17-18H2,1-2H3,(H,31,32);1-2H3. The lowest BCUT2D eigenvalue weighted by molar-refractivity contribution is -0.116. The Morgan fingerprint density at radius 2 is 1.40 bits per heavy atom. The van der Waals surface area contributed by atoms with Gasteiger partial charge in [-0.15, -0.1) is 0 Å². The molecule has 6 nitrogen and oxygen atoms in total. The molecule has 1 N–H and O–H groups in total. The van der Waals surface area contributed by atoms with Crippen molar-refractivity contribution >= 4 is 17.6 Å². The van der Waals surface area contributed by atoms with E-state index in [-0.39, 0.29) is 23.9 Å². The van der Waals surface area contributed by atoms with E-state index < -0.39 is 17.3 Å². The smallest absolute Gasteiger partial charge is 0.338 e. The number of hydrogen-bond acceptors (Lipinski definition) is 4. The van der Waals surface area contributed by atoms with Crippen LogP contribution in [0.15, 0.2) is 72.8 Å². The predicted molar refractivity (Wildman–Crippen MR) is 136 cm³/mol. The molecule has 0 bridgehead atoms. The Bertz CT molecular complexity index is 1050. The molecular formula is C28H33FN2O4. The zero-order valence-corrected chi connectivity index (χ0v) is 20.7. The highest BCUT2D eigenvalue weighted by molar-refractivity contribution is 5.96. The lowest BCUT2D eigenvalue weighted by Crippen LogP contribution is -2.37. The van der Waals surface area contributed by atoms with E-state index in [9.17, 15) is 19.1 Å². The summed E-state index contributed by atoms with van der Waals surface area (Å²) >= 11 is 0. The number of benzene rings is 3. The Balaban J connectivity index is 0.00000210. The van der Waals surface area contributed by atoms with Gasteiger partial charge in [-0.05, 0) is 17.2 Å². The zero-order chi connectivity index (χ0) is 25.8. The number of ether oxygens (including phenoxy) is 1. The van der Waals surface area contributed by atoms with Gasteiger partial charge in [-0.25, -0.2) is 9.18 Å². The van der Waals surface area contributed by atoms with Crippen LogP contribution in [0.4, 0.5) is 10.1 Å². The molecule has 7 heteroatoms. The molecule has 0 fully saturated rings. The van der Waals surface area contributed by atoms with Gasteiger partial charge in [0.2, 0.25) is 5.91 Å². The molecular weight excluding hydrogens is 447 g/mol. The number of aromatic carboxylic acids is 1. The molecule has 3 aromatic rings. The summed E-state index contributed by atoms with van der Waals surface area (Å²) in [6, 6.07) is 22.2. The van der Waals surface area contributed by atoms with Crippen molar-refractivity contribution in [1.82, 2.24) is 4.90 Å². The van der Waals surface area contributed by atoms with E-state index in [1.807, 2.05) is 74.5 Å². The topological polar surface area (TPSA) is 70.1 Å². The molecule has 1 amide bonds. The average molecular weight is 481 g/mol. The Morgan fingerprint density at radius 3 is 1.83 bits per heavy atom. The van der Waals surface area contributed by atoms with Crippen molar-refractivity contribution in [2.75, 3.05) is 25.1 Å². The molecule has 0 aliphatic heterocycles. The minimum absolute atomic E-state index is 0.102. The molecule has 3 rings (SSSR count). The first kappa shape index (κ1) is 27.5. The van der Waals surface area contributed by atoms with Crippen LogP contribution in [-0.2, 0) is 17.9 Å². The fourth-order valence-electron chi connectivity index (χ4n) is 3.67. The Hall–Kier alpha value is -3.71. The number of rotatable bonds is 10. The number of methoxy groups -OCH3 is 1. The predicted octanol–water partition coefficient (Wildman–Crippen LogP) is 5.61. The summed E-state index contributed by atoms with van der Waals surface area (Å²) in [6.07, 6.45) is 0. The third kappa shape index (κ3) is 7.93. The number of nitrogens with zero attached hydrogens (tertiary/aromatic N) is 2. The monoisotopic (exact) mass is 480 g/mol. The second-order valence-electron chi connectivity index (χ2n) is 7.66. The van der Waals surface area contributed by atoms with Crippen LogP contribution in [0.25, 0.3) is 0 Å². The molecule has 0 unspecified atom stereocenters. The van der Waals surface area contributed by atoms with Crippen molar-refractivity contribution in [3.05, 3.63) is 95.3 Å². The number of carboxylic acid groups (broad SMARTS) is 1. The Labute approximate surface area is 206 Å². The van der Waals surface area contributed by atoms with Gasteiger partial charge in [0.25, 0.3) is 0 Å². The van der Waals surface area contributed by atoms with Crippen molar-refractivity contribution in [3.63, 3.8) is 0 Å². The van der Waals surface area contributed by atoms with Crippen molar-refractivity contribution in [3.8, 4) is 5.75 Å². The van der Waals surface area contributed by atoms with Gasteiger partial charge in [-0.1, -0.05) is 74.5 Å². The molecule has 0 aliphatic rings. The van der Waals surface area contributed by atoms with Crippen LogP contribution < -0.4 is 9.64 Å². The van der Waals surface area contributed by atoms with Crippen LogP contribution in [-0.4, -0.2) is 42.1 Å². The molecule has 0 radical (unpaired) electrons. The number of hydrogen-bond donors (Lipinski definition) is 1. The normalized spacial score (nSPS) is 10.3. The number of carbonyl (C=O) groups is 2. The van der Waals surface area contributed by atoms with E-state index in [1.165, 1.54) is 18.9 Å². The van der Waals surface area contributed by atoms with Crippen molar-refractivity contribution in [1.29, 1.82) is 0 Å². The highest BCUT2D eigenvalue weighted by atomic mass is 19.1. The summed E-state index contributed by atoms with van der Waals surface area (Å²) in [6.45, 7) is 7.51. The van der Waals surface area contributed by atoms with Gasteiger partial charge in [0.1, 0.15) is 11.6 Å². The minimum Gasteiger partial charge on any atom is -0.494 e. The van der Waals surface area contributed by atoms with Crippen LogP contribution in [0, 0.1) is 5.82 Å². The van der Waals surface area contributed by atoms with Gasteiger partial charge in [0.05, 0.1) is 18.4 Å². The van der Waals surface area contributed by atoms with Gasteiger partial charge in [0, 0.05) is 39.2 Å². The number of amides is 1. The third-order valence-corrected chi connectivity index (χ3v) is 5.31. The van der Waals surface area contributed by atoms with Crippen LogP contribution in [0.3, 0.4) is 0 Å². The summed E-state index contributed by atoms with van der Waals surface area (Å²) in [5.41, 5.74) is 1.98.